The molecule has 10 nitrogen and oxygen atoms in total. The van der Waals surface area contributed by atoms with Gasteiger partial charge in [-0.1, -0.05) is 13.3 Å². The van der Waals surface area contributed by atoms with Gasteiger partial charge in [0.2, 0.25) is 5.91 Å². The number of carbonyl (C=O) groups is 4. The van der Waals surface area contributed by atoms with E-state index >= 15 is 0 Å². The lowest BCUT2D eigenvalue weighted by atomic mass is 10.1. The molecule has 0 bridgehead atoms. The number of hydrogen-bond donors (Lipinski definition) is 1. The number of nitrogens with zero attached hydrogens (tertiary/aromatic N) is 2. The molecular weight excluding hydrogens is 406 g/mol. The number of carbonyl (C=O) groups excluding carboxylic acids is 4. The van der Waals surface area contributed by atoms with Crippen molar-refractivity contribution in [3.05, 3.63) is 0 Å². The quantitative estimate of drug-likeness (QED) is 0.330. The second-order valence-electron chi connectivity index (χ2n) is 8.32. The van der Waals surface area contributed by atoms with Crippen LogP contribution >= 0.6 is 0 Å². The Hall–Kier alpha value is -2.52. The Balaban J connectivity index is 2.68. The highest BCUT2D eigenvalue weighted by Crippen LogP contribution is 2.12. The van der Waals surface area contributed by atoms with Gasteiger partial charge in [0.1, 0.15) is 11.6 Å². The fourth-order valence-electron chi connectivity index (χ4n) is 2.93. The summed E-state index contributed by atoms with van der Waals surface area (Å²) >= 11 is 0. The average molecular weight is 444 g/mol. The fraction of sp³-hybridized carbons (Fsp3) is 0.810. The summed E-state index contributed by atoms with van der Waals surface area (Å²) in [5, 5.41) is 2.57. The van der Waals surface area contributed by atoms with Crippen LogP contribution in [0, 0.1) is 0 Å². The summed E-state index contributed by atoms with van der Waals surface area (Å²) in [7, 11) is 0. The first-order valence-electron chi connectivity index (χ1n) is 10.9. The third-order valence-electron chi connectivity index (χ3n) is 4.50. The number of esters is 1. The van der Waals surface area contributed by atoms with E-state index in [4.69, 9.17) is 14.2 Å². The van der Waals surface area contributed by atoms with Crippen LogP contribution in [0.5, 0.6) is 0 Å². The van der Waals surface area contributed by atoms with E-state index in [0.717, 1.165) is 12.8 Å². The van der Waals surface area contributed by atoms with Gasteiger partial charge in [0.05, 0.1) is 13.2 Å². The third-order valence-corrected chi connectivity index (χ3v) is 4.50. The van der Waals surface area contributed by atoms with E-state index in [1.807, 2.05) is 6.92 Å². The largest absolute Gasteiger partial charge is 0.466 e. The van der Waals surface area contributed by atoms with E-state index < -0.39 is 23.7 Å². The predicted molar refractivity (Wildman–Crippen MR) is 113 cm³/mol. The molecule has 1 fully saturated rings. The molecule has 3 amide bonds. The SMILES string of the molecule is CCCCOC(=O)N1CCN(C(=O)C(CCC(=O)OCC)NC(=O)OC(C)(C)C)CC1. The van der Waals surface area contributed by atoms with Gasteiger partial charge < -0.3 is 29.3 Å². The number of ether oxygens (including phenoxy) is 3. The van der Waals surface area contributed by atoms with Crippen LogP contribution in [0.15, 0.2) is 0 Å². The Bertz CT molecular complexity index is 611. The molecule has 1 heterocycles. The van der Waals surface area contributed by atoms with Crippen LogP contribution in [-0.4, -0.2) is 84.9 Å². The van der Waals surface area contributed by atoms with Gasteiger partial charge in [-0.3, -0.25) is 9.59 Å². The molecule has 0 radical (unpaired) electrons. The van der Waals surface area contributed by atoms with Crippen LogP contribution in [0.3, 0.4) is 0 Å². The molecule has 1 atom stereocenters. The second-order valence-corrected chi connectivity index (χ2v) is 8.32. The minimum atomic E-state index is -0.928. The van der Waals surface area contributed by atoms with Crippen molar-refractivity contribution in [2.24, 2.45) is 0 Å². The Morgan fingerprint density at radius 2 is 1.58 bits per heavy atom. The molecule has 1 aliphatic heterocycles. The van der Waals surface area contributed by atoms with Crippen molar-refractivity contribution >= 4 is 24.1 Å². The smallest absolute Gasteiger partial charge is 0.409 e. The first kappa shape index (κ1) is 26.5. The summed E-state index contributed by atoms with van der Waals surface area (Å²) in [5.74, 6) is -0.764. The number of amides is 3. The molecule has 1 rings (SSSR count). The molecule has 0 saturated carbocycles. The van der Waals surface area contributed by atoms with Gasteiger partial charge in [-0.05, 0) is 40.5 Å². The van der Waals surface area contributed by atoms with Crippen LogP contribution in [0.4, 0.5) is 9.59 Å². The van der Waals surface area contributed by atoms with Crippen molar-refractivity contribution in [1.29, 1.82) is 0 Å². The summed E-state index contributed by atoms with van der Waals surface area (Å²) < 4.78 is 15.4. The lowest BCUT2D eigenvalue weighted by molar-refractivity contribution is -0.143. The Kier molecular flexibility index (Phi) is 11.1. The highest BCUT2D eigenvalue weighted by Gasteiger charge is 2.31. The zero-order valence-corrected chi connectivity index (χ0v) is 19.4. The van der Waals surface area contributed by atoms with Gasteiger partial charge in [-0.25, -0.2) is 9.59 Å². The summed E-state index contributed by atoms with van der Waals surface area (Å²) in [5.41, 5.74) is -0.720. The molecule has 31 heavy (non-hydrogen) atoms. The minimum Gasteiger partial charge on any atom is -0.466 e. The number of nitrogens with one attached hydrogen (secondary N) is 1. The summed E-state index contributed by atoms with van der Waals surface area (Å²) in [6, 6.07) is -0.928. The molecule has 10 heteroatoms. The van der Waals surface area contributed by atoms with Crippen LogP contribution in [0.1, 0.15) is 60.3 Å². The Morgan fingerprint density at radius 1 is 0.968 bits per heavy atom. The van der Waals surface area contributed by atoms with E-state index in [9.17, 15) is 19.2 Å². The van der Waals surface area contributed by atoms with Gasteiger partial charge >= 0.3 is 18.2 Å². The highest BCUT2D eigenvalue weighted by molar-refractivity contribution is 5.86. The molecule has 0 aromatic heterocycles. The van der Waals surface area contributed by atoms with Gasteiger partial charge in [0.25, 0.3) is 0 Å². The molecule has 1 N–H and O–H groups in total. The lowest BCUT2D eigenvalue weighted by Crippen LogP contribution is -2.56. The molecule has 1 aliphatic rings. The van der Waals surface area contributed by atoms with E-state index in [0.29, 0.717) is 32.8 Å². The second kappa shape index (κ2) is 13.0. The maximum atomic E-state index is 13.0. The lowest BCUT2D eigenvalue weighted by Gasteiger charge is -2.36. The van der Waals surface area contributed by atoms with Gasteiger partial charge in [-0.2, -0.15) is 0 Å². The van der Waals surface area contributed by atoms with Gasteiger partial charge in [0, 0.05) is 32.6 Å². The zero-order valence-electron chi connectivity index (χ0n) is 19.4. The average Bonchev–Trinajstić information content (AvgIpc) is 2.69. The predicted octanol–water partition coefficient (Wildman–Crippen LogP) is 2.30. The summed E-state index contributed by atoms with van der Waals surface area (Å²) in [6.07, 6.45) is 0.717. The summed E-state index contributed by atoms with van der Waals surface area (Å²) in [4.78, 5) is 52.2. The van der Waals surface area contributed by atoms with Crippen LogP contribution < -0.4 is 5.32 Å². The van der Waals surface area contributed by atoms with Crippen molar-refractivity contribution in [2.75, 3.05) is 39.4 Å². The normalized spacial score (nSPS) is 15.1. The van der Waals surface area contributed by atoms with Crippen LogP contribution in [0.25, 0.3) is 0 Å². The molecule has 178 valence electrons. The molecule has 0 aromatic carbocycles. The highest BCUT2D eigenvalue weighted by atomic mass is 16.6. The summed E-state index contributed by atoms with van der Waals surface area (Å²) in [6.45, 7) is 10.8. The van der Waals surface area contributed by atoms with Gasteiger partial charge in [0.15, 0.2) is 0 Å². The number of hydrogen-bond acceptors (Lipinski definition) is 7. The van der Waals surface area contributed by atoms with Gasteiger partial charge in [-0.15, -0.1) is 0 Å². The van der Waals surface area contributed by atoms with E-state index in [2.05, 4.69) is 5.32 Å². The zero-order chi connectivity index (χ0) is 23.4. The maximum absolute atomic E-state index is 13.0. The van der Waals surface area contributed by atoms with E-state index in [1.54, 1.807) is 37.5 Å². The van der Waals surface area contributed by atoms with Crippen LogP contribution in [0.2, 0.25) is 0 Å². The van der Waals surface area contributed by atoms with Crippen molar-refractivity contribution in [1.82, 2.24) is 15.1 Å². The molecule has 0 spiro atoms. The van der Waals surface area contributed by atoms with Crippen molar-refractivity contribution in [3.63, 3.8) is 0 Å². The topological polar surface area (TPSA) is 114 Å². The molecule has 1 unspecified atom stereocenters. The maximum Gasteiger partial charge on any atom is 0.409 e. The number of piperazine rings is 1. The van der Waals surface area contributed by atoms with Crippen LogP contribution in [-0.2, 0) is 23.8 Å². The van der Waals surface area contributed by atoms with Crippen molar-refractivity contribution in [2.45, 2.75) is 71.9 Å². The molecular formula is C21H37N3O7. The standard InChI is InChI=1S/C21H37N3O7/c1-6-8-15-30-20(28)24-13-11-23(12-14-24)18(26)16(9-10-17(25)29-7-2)22-19(27)31-21(3,4)5/h16H,6-15H2,1-5H3,(H,22,27). The van der Waals surface area contributed by atoms with E-state index in [-0.39, 0.29) is 31.4 Å². The Labute approximate surface area is 184 Å². The van der Waals surface area contributed by atoms with E-state index in [1.165, 1.54) is 0 Å². The number of rotatable bonds is 9. The number of unbranched alkanes of at least 4 members (excludes halogenated alkanes) is 1. The molecule has 0 aliphatic carbocycles. The monoisotopic (exact) mass is 443 g/mol. The van der Waals surface area contributed by atoms with Crippen molar-refractivity contribution in [3.8, 4) is 0 Å². The fourth-order valence-corrected chi connectivity index (χ4v) is 2.93. The Morgan fingerprint density at radius 3 is 2.13 bits per heavy atom. The third kappa shape index (κ3) is 10.4. The molecule has 1 saturated heterocycles. The first-order chi connectivity index (χ1) is 14.6. The first-order valence-corrected chi connectivity index (χ1v) is 10.9. The van der Waals surface area contributed by atoms with Crippen molar-refractivity contribution < 1.29 is 33.4 Å². The molecule has 0 aromatic rings. The minimum absolute atomic E-state index is 0.0102. The number of alkyl carbamates (subject to hydrolysis) is 1.